The summed E-state index contributed by atoms with van der Waals surface area (Å²) in [4.78, 5) is 25.8. The first-order valence-corrected chi connectivity index (χ1v) is 9.48. The second-order valence-corrected chi connectivity index (χ2v) is 9.26. The average molecular weight is 346 g/mol. The lowest BCUT2D eigenvalue weighted by atomic mass is 9.59. The van der Waals surface area contributed by atoms with Crippen molar-refractivity contribution in [1.82, 2.24) is 0 Å². The molecule has 4 aliphatic carbocycles. The topological polar surface area (TPSA) is 72.8 Å². The maximum absolute atomic E-state index is 13.0. The van der Waals surface area contributed by atoms with Crippen molar-refractivity contribution >= 4 is 11.9 Å². The Kier molecular flexibility index (Phi) is 2.84. The van der Waals surface area contributed by atoms with Gasteiger partial charge in [-0.3, -0.25) is 9.59 Å². The fraction of sp³-hybridized carbons (Fsp3) is 0.800. The van der Waals surface area contributed by atoms with Gasteiger partial charge in [-0.15, -0.1) is 0 Å². The van der Waals surface area contributed by atoms with E-state index < -0.39 is 23.0 Å². The van der Waals surface area contributed by atoms with Gasteiger partial charge in [-0.1, -0.05) is 12.2 Å². The predicted octanol–water partition coefficient (Wildman–Crippen LogP) is 2.22. The summed E-state index contributed by atoms with van der Waals surface area (Å²) in [5.74, 6) is -0.625. The van der Waals surface area contributed by atoms with E-state index in [-0.39, 0.29) is 29.2 Å². The van der Waals surface area contributed by atoms with Gasteiger partial charge in [0.1, 0.15) is 5.60 Å². The predicted molar refractivity (Wildman–Crippen MR) is 88.2 cm³/mol. The molecule has 1 aliphatic heterocycles. The Hall–Kier alpha value is -1.36. The van der Waals surface area contributed by atoms with Gasteiger partial charge in [0.25, 0.3) is 0 Å². The van der Waals surface area contributed by atoms with E-state index in [0.29, 0.717) is 18.8 Å². The first kappa shape index (κ1) is 15.9. The van der Waals surface area contributed by atoms with E-state index in [0.717, 1.165) is 25.7 Å². The number of methoxy groups -OCH3 is 1. The standard InChI is InChI=1S/C20H26O5/c1-10-8-19-9-11(10)4-5-12(19)20-7-6-13(21)18(2,17(23)25-20)15(20)14(19)16(22)24-3/h11-15,21H,1,4-9H2,2-3H3/t11-,12-,13+,14-,15-,18?,19+,20-/m1/s1. The van der Waals surface area contributed by atoms with Gasteiger partial charge in [0.2, 0.25) is 0 Å². The number of allylic oxidation sites excluding steroid dienone is 1. The molecule has 1 spiro atoms. The lowest BCUT2D eigenvalue weighted by Gasteiger charge is -2.44. The summed E-state index contributed by atoms with van der Waals surface area (Å²) in [6, 6.07) is 0. The van der Waals surface area contributed by atoms with Crippen LogP contribution in [0.25, 0.3) is 0 Å². The molecule has 1 saturated heterocycles. The second-order valence-electron chi connectivity index (χ2n) is 9.26. The van der Waals surface area contributed by atoms with E-state index in [4.69, 9.17) is 9.47 Å². The molecule has 136 valence electrons. The third-order valence-electron chi connectivity index (χ3n) is 8.65. The lowest BCUT2D eigenvalue weighted by Crippen LogP contribution is -2.53. The van der Waals surface area contributed by atoms with E-state index in [1.54, 1.807) is 6.92 Å². The maximum Gasteiger partial charge on any atom is 0.315 e. The van der Waals surface area contributed by atoms with Crippen LogP contribution in [0.4, 0.5) is 0 Å². The fourth-order valence-corrected chi connectivity index (χ4v) is 7.77. The van der Waals surface area contributed by atoms with E-state index in [2.05, 4.69) is 6.58 Å². The van der Waals surface area contributed by atoms with Crippen LogP contribution in [-0.2, 0) is 19.1 Å². The normalized spacial score (nSPS) is 55.6. The van der Waals surface area contributed by atoms with Crippen LogP contribution in [0.15, 0.2) is 12.2 Å². The summed E-state index contributed by atoms with van der Waals surface area (Å²) in [5, 5.41) is 10.7. The summed E-state index contributed by atoms with van der Waals surface area (Å²) in [6.45, 7) is 6.09. The number of aliphatic hydroxyl groups is 1. The highest BCUT2D eigenvalue weighted by atomic mass is 16.6. The Morgan fingerprint density at radius 2 is 2.12 bits per heavy atom. The van der Waals surface area contributed by atoms with Crippen LogP contribution in [0.3, 0.4) is 0 Å². The van der Waals surface area contributed by atoms with Gasteiger partial charge in [0.15, 0.2) is 0 Å². The van der Waals surface area contributed by atoms with Crippen molar-refractivity contribution in [3.8, 4) is 0 Å². The third-order valence-corrected chi connectivity index (χ3v) is 8.65. The van der Waals surface area contributed by atoms with Crippen molar-refractivity contribution in [2.45, 2.75) is 57.2 Å². The minimum absolute atomic E-state index is 0.169. The van der Waals surface area contributed by atoms with E-state index in [1.807, 2.05) is 0 Å². The summed E-state index contributed by atoms with van der Waals surface area (Å²) in [7, 11) is 1.43. The summed E-state index contributed by atoms with van der Waals surface area (Å²) in [5.41, 5.74) is -0.606. The minimum Gasteiger partial charge on any atom is -0.469 e. The highest BCUT2D eigenvalue weighted by molar-refractivity contribution is 5.85. The van der Waals surface area contributed by atoms with Crippen LogP contribution < -0.4 is 0 Å². The number of fused-ring (bicyclic) bond motifs is 1. The third kappa shape index (κ3) is 1.48. The molecular formula is C20H26O5. The van der Waals surface area contributed by atoms with Gasteiger partial charge >= 0.3 is 11.9 Å². The molecule has 8 atom stereocenters. The Morgan fingerprint density at radius 3 is 2.84 bits per heavy atom. The molecule has 4 saturated carbocycles. The highest BCUT2D eigenvalue weighted by Gasteiger charge is 2.83. The molecule has 0 aromatic rings. The summed E-state index contributed by atoms with van der Waals surface area (Å²) >= 11 is 0. The number of rotatable bonds is 1. The number of esters is 2. The first-order valence-electron chi connectivity index (χ1n) is 9.48. The zero-order valence-corrected chi connectivity index (χ0v) is 14.9. The van der Waals surface area contributed by atoms with Gasteiger partial charge in [-0.25, -0.2) is 0 Å². The number of hydrogen-bond donors (Lipinski definition) is 1. The molecule has 0 aromatic heterocycles. The van der Waals surface area contributed by atoms with Crippen molar-refractivity contribution in [3.63, 3.8) is 0 Å². The fourth-order valence-electron chi connectivity index (χ4n) is 7.77. The Labute approximate surface area is 147 Å². The molecule has 25 heavy (non-hydrogen) atoms. The number of carbonyl (C=O) groups is 2. The molecule has 4 bridgehead atoms. The van der Waals surface area contributed by atoms with Crippen molar-refractivity contribution in [1.29, 1.82) is 0 Å². The van der Waals surface area contributed by atoms with Crippen LogP contribution in [-0.4, -0.2) is 35.9 Å². The number of carbonyl (C=O) groups excluding carboxylic acids is 2. The molecule has 5 nitrogen and oxygen atoms in total. The SMILES string of the molecule is C=C1C[C@]23C[C@H]1CC[C@H]2[C@@]12CC[C@H](O)C(C)(C(=O)O1)[C@H]2[C@@H]3C(=O)OC. The highest BCUT2D eigenvalue weighted by Crippen LogP contribution is 2.77. The van der Waals surface area contributed by atoms with Gasteiger partial charge in [0, 0.05) is 11.8 Å². The van der Waals surface area contributed by atoms with Crippen LogP contribution in [0.1, 0.15) is 45.4 Å². The Bertz CT molecular complexity index is 700. The molecule has 1 heterocycles. The van der Waals surface area contributed by atoms with Crippen LogP contribution in [0.5, 0.6) is 0 Å². The number of hydrogen-bond acceptors (Lipinski definition) is 5. The molecule has 1 N–H and O–H groups in total. The number of aliphatic hydroxyl groups excluding tert-OH is 1. The molecule has 5 fully saturated rings. The van der Waals surface area contributed by atoms with Gasteiger partial charge in [0.05, 0.1) is 24.5 Å². The number of ether oxygens (including phenoxy) is 2. The molecule has 5 rings (SSSR count). The van der Waals surface area contributed by atoms with E-state index in [9.17, 15) is 14.7 Å². The molecular weight excluding hydrogens is 320 g/mol. The largest absolute Gasteiger partial charge is 0.469 e. The Morgan fingerprint density at radius 1 is 1.36 bits per heavy atom. The van der Waals surface area contributed by atoms with Crippen LogP contribution in [0, 0.1) is 34.5 Å². The van der Waals surface area contributed by atoms with Crippen molar-refractivity contribution in [2.24, 2.45) is 34.5 Å². The molecule has 0 aromatic carbocycles. The van der Waals surface area contributed by atoms with E-state index >= 15 is 0 Å². The van der Waals surface area contributed by atoms with E-state index in [1.165, 1.54) is 12.7 Å². The molecule has 0 amide bonds. The summed E-state index contributed by atoms with van der Waals surface area (Å²) < 4.78 is 11.3. The van der Waals surface area contributed by atoms with Crippen molar-refractivity contribution < 1.29 is 24.2 Å². The van der Waals surface area contributed by atoms with Crippen molar-refractivity contribution in [3.05, 3.63) is 12.2 Å². The molecule has 0 radical (unpaired) electrons. The second kappa shape index (κ2) is 4.48. The molecule has 5 aliphatic rings. The smallest absolute Gasteiger partial charge is 0.315 e. The first-order chi connectivity index (χ1) is 11.8. The quantitative estimate of drug-likeness (QED) is 0.582. The molecule has 1 unspecified atom stereocenters. The van der Waals surface area contributed by atoms with Crippen molar-refractivity contribution in [2.75, 3.05) is 7.11 Å². The zero-order chi connectivity index (χ0) is 17.8. The Balaban J connectivity index is 1.75. The van der Waals surface area contributed by atoms with Crippen LogP contribution >= 0.6 is 0 Å². The van der Waals surface area contributed by atoms with Crippen LogP contribution in [0.2, 0.25) is 0 Å². The minimum atomic E-state index is -1.01. The zero-order valence-electron chi connectivity index (χ0n) is 14.9. The molecule has 5 heteroatoms. The summed E-state index contributed by atoms with van der Waals surface area (Å²) in [6.07, 6.45) is 4.24. The van der Waals surface area contributed by atoms with Gasteiger partial charge in [-0.05, 0) is 56.8 Å². The lowest BCUT2D eigenvalue weighted by molar-refractivity contribution is -0.163. The maximum atomic E-state index is 13.0. The van der Waals surface area contributed by atoms with Gasteiger partial charge in [-0.2, -0.15) is 0 Å². The van der Waals surface area contributed by atoms with Gasteiger partial charge < -0.3 is 14.6 Å². The monoisotopic (exact) mass is 346 g/mol. The average Bonchev–Trinajstić information content (AvgIpc) is 3.05.